The first-order chi connectivity index (χ1) is 15.4. The second-order valence-electron chi connectivity index (χ2n) is 8.10. The Kier molecular flexibility index (Phi) is 8.21. The molecule has 8 nitrogen and oxygen atoms in total. The molecule has 3 rings (SSSR count). The van der Waals surface area contributed by atoms with Gasteiger partial charge in [0.05, 0.1) is 6.10 Å². The zero-order valence-corrected chi connectivity index (χ0v) is 18.4. The standard InChI is InChI=1S/C24H29N3O5/c1-16(2)14-22(28)25-19-9-5-17(6-10-19)23(29)26-27-24(30)18-7-11-20(12-8-18)32-15-21-4-3-13-31-21/h5-12,16,21H,3-4,13-15H2,1-2H3,(H,25,28)(H,26,29)(H,27,30). The van der Waals surface area contributed by atoms with Crippen LogP contribution in [-0.4, -0.2) is 37.0 Å². The van der Waals surface area contributed by atoms with E-state index >= 15 is 0 Å². The van der Waals surface area contributed by atoms with Gasteiger partial charge in [0.2, 0.25) is 5.91 Å². The number of benzene rings is 2. The molecule has 0 spiro atoms. The van der Waals surface area contributed by atoms with E-state index in [9.17, 15) is 14.4 Å². The molecule has 8 heteroatoms. The van der Waals surface area contributed by atoms with E-state index in [1.54, 1.807) is 48.5 Å². The molecule has 2 aromatic rings. The van der Waals surface area contributed by atoms with Gasteiger partial charge in [0.15, 0.2) is 0 Å². The van der Waals surface area contributed by atoms with E-state index in [2.05, 4.69) is 16.2 Å². The molecular formula is C24H29N3O5. The summed E-state index contributed by atoms with van der Waals surface area (Å²) in [5.41, 5.74) is 6.13. The van der Waals surface area contributed by atoms with Gasteiger partial charge in [-0.25, -0.2) is 0 Å². The molecule has 3 N–H and O–H groups in total. The maximum absolute atomic E-state index is 12.3. The molecule has 1 aliphatic heterocycles. The topological polar surface area (TPSA) is 106 Å². The average molecular weight is 440 g/mol. The lowest BCUT2D eigenvalue weighted by Crippen LogP contribution is -2.41. The first kappa shape index (κ1) is 23.3. The third-order valence-corrected chi connectivity index (χ3v) is 4.89. The van der Waals surface area contributed by atoms with Gasteiger partial charge in [-0.3, -0.25) is 25.2 Å². The van der Waals surface area contributed by atoms with Crippen molar-refractivity contribution < 1.29 is 23.9 Å². The second-order valence-corrected chi connectivity index (χ2v) is 8.10. The smallest absolute Gasteiger partial charge is 0.269 e. The minimum absolute atomic E-state index is 0.0762. The van der Waals surface area contributed by atoms with Crippen molar-refractivity contribution in [3.8, 4) is 5.75 Å². The van der Waals surface area contributed by atoms with Crippen LogP contribution in [-0.2, 0) is 9.53 Å². The maximum atomic E-state index is 12.3. The minimum atomic E-state index is -0.463. The van der Waals surface area contributed by atoms with Gasteiger partial charge in [0.25, 0.3) is 11.8 Å². The summed E-state index contributed by atoms with van der Waals surface area (Å²) >= 11 is 0. The fourth-order valence-electron chi connectivity index (χ4n) is 3.21. The molecular weight excluding hydrogens is 410 g/mol. The van der Waals surface area contributed by atoms with E-state index in [4.69, 9.17) is 9.47 Å². The molecule has 3 amide bonds. The SMILES string of the molecule is CC(C)CC(=O)Nc1ccc(C(=O)NNC(=O)c2ccc(OCC3CCCO3)cc2)cc1. The Hall–Kier alpha value is -3.39. The summed E-state index contributed by atoms with van der Waals surface area (Å²) < 4.78 is 11.2. The quantitative estimate of drug-likeness (QED) is 0.547. The van der Waals surface area contributed by atoms with Crippen molar-refractivity contribution in [2.24, 2.45) is 5.92 Å². The second kappa shape index (κ2) is 11.3. The van der Waals surface area contributed by atoms with Crippen molar-refractivity contribution in [2.75, 3.05) is 18.5 Å². The number of nitrogens with one attached hydrogen (secondary N) is 3. The van der Waals surface area contributed by atoms with Gasteiger partial charge in [-0.15, -0.1) is 0 Å². The third kappa shape index (κ3) is 7.09. The lowest BCUT2D eigenvalue weighted by atomic mass is 10.1. The first-order valence-corrected chi connectivity index (χ1v) is 10.8. The number of ether oxygens (including phenoxy) is 2. The highest BCUT2D eigenvalue weighted by molar-refractivity contribution is 5.99. The highest BCUT2D eigenvalue weighted by atomic mass is 16.5. The van der Waals surface area contributed by atoms with Gasteiger partial charge in [-0.2, -0.15) is 0 Å². The Labute approximate surface area is 187 Å². The molecule has 1 atom stereocenters. The number of rotatable bonds is 8. The molecule has 1 saturated heterocycles. The summed E-state index contributed by atoms with van der Waals surface area (Å²) in [5.74, 6) is -0.0650. The average Bonchev–Trinajstić information content (AvgIpc) is 3.30. The van der Waals surface area contributed by atoms with Crippen LogP contribution in [0.15, 0.2) is 48.5 Å². The van der Waals surface area contributed by atoms with Crippen LogP contribution in [0.2, 0.25) is 0 Å². The van der Waals surface area contributed by atoms with Gasteiger partial charge in [-0.05, 0) is 67.3 Å². The number of amides is 3. The molecule has 2 aromatic carbocycles. The molecule has 1 heterocycles. The fourth-order valence-corrected chi connectivity index (χ4v) is 3.21. The Morgan fingerprint density at radius 3 is 2.09 bits per heavy atom. The molecule has 0 aliphatic carbocycles. The van der Waals surface area contributed by atoms with Crippen LogP contribution in [0, 0.1) is 5.92 Å². The zero-order valence-electron chi connectivity index (χ0n) is 18.4. The monoisotopic (exact) mass is 439 g/mol. The van der Waals surface area contributed by atoms with Gasteiger partial charge >= 0.3 is 0 Å². The van der Waals surface area contributed by atoms with Crippen LogP contribution < -0.4 is 20.9 Å². The molecule has 1 unspecified atom stereocenters. The molecule has 0 aromatic heterocycles. The molecule has 32 heavy (non-hydrogen) atoms. The van der Waals surface area contributed by atoms with E-state index in [0.717, 1.165) is 19.4 Å². The Morgan fingerprint density at radius 2 is 1.56 bits per heavy atom. The van der Waals surface area contributed by atoms with Crippen molar-refractivity contribution in [1.82, 2.24) is 10.9 Å². The van der Waals surface area contributed by atoms with Crippen molar-refractivity contribution in [1.29, 1.82) is 0 Å². The fraction of sp³-hybridized carbons (Fsp3) is 0.375. The number of carbonyl (C=O) groups excluding carboxylic acids is 3. The number of hydrogen-bond donors (Lipinski definition) is 3. The predicted molar refractivity (Wildman–Crippen MR) is 120 cm³/mol. The Bertz CT molecular complexity index is 920. The largest absolute Gasteiger partial charge is 0.491 e. The van der Waals surface area contributed by atoms with E-state index in [1.807, 2.05) is 13.8 Å². The summed E-state index contributed by atoms with van der Waals surface area (Å²) in [4.78, 5) is 36.4. The van der Waals surface area contributed by atoms with E-state index in [0.29, 0.717) is 35.6 Å². The summed E-state index contributed by atoms with van der Waals surface area (Å²) in [5, 5.41) is 2.78. The van der Waals surface area contributed by atoms with Crippen LogP contribution in [0.5, 0.6) is 5.75 Å². The Balaban J connectivity index is 1.44. The maximum Gasteiger partial charge on any atom is 0.269 e. The predicted octanol–water partition coefficient (Wildman–Crippen LogP) is 3.30. The number of carbonyl (C=O) groups is 3. The van der Waals surface area contributed by atoms with E-state index in [1.165, 1.54) is 0 Å². The van der Waals surface area contributed by atoms with Crippen LogP contribution in [0.25, 0.3) is 0 Å². The third-order valence-electron chi connectivity index (χ3n) is 4.89. The van der Waals surface area contributed by atoms with Crippen LogP contribution in [0.4, 0.5) is 5.69 Å². The molecule has 0 bridgehead atoms. The highest BCUT2D eigenvalue weighted by Gasteiger charge is 2.16. The van der Waals surface area contributed by atoms with Crippen LogP contribution in [0.3, 0.4) is 0 Å². The van der Waals surface area contributed by atoms with E-state index < -0.39 is 11.8 Å². The number of hydrogen-bond acceptors (Lipinski definition) is 5. The summed E-state index contributed by atoms with van der Waals surface area (Å²) in [6, 6.07) is 13.1. The molecule has 0 saturated carbocycles. The summed E-state index contributed by atoms with van der Waals surface area (Å²) in [6.45, 7) is 5.20. The van der Waals surface area contributed by atoms with Gasteiger partial charge < -0.3 is 14.8 Å². The summed E-state index contributed by atoms with van der Waals surface area (Å²) in [6.07, 6.45) is 2.60. The molecule has 1 fully saturated rings. The van der Waals surface area contributed by atoms with Gasteiger partial charge in [0.1, 0.15) is 12.4 Å². The van der Waals surface area contributed by atoms with Crippen molar-refractivity contribution in [2.45, 2.75) is 39.2 Å². The molecule has 170 valence electrons. The minimum Gasteiger partial charge on any atom is -0.491 e. The lowest BCUT2D eigenvalue weighted by molar-refractivity contribution is -0.116. The molecule has 0 radical (unpaired) electrons. The van der Waals surface area contributed by atoms with E-state index in [-0.39, 0.29) is 17.9 Å². The Morgan fingerprint density at radius 1 is 0.969 bits per heavy atom. The normalized spacial score (nSPS) is 15.3. The van der Waals surface area contributed by atoms with Crippen LogP contribution >= 0.6 is 0 Å². The first-order valence-electron chi connectivity index (χ1n) is 10.8. The van der Waals surface area contributed by atoms with Crippen LogP contribution in [0.1, 0.15) is 53.8 Å². The van der Waals surface area contributed by atoms with Crippen molar-refractivity contribution in [3.63, 3.8) is 0 Å². The zero-order chi connectivity index (χ0) is 22.9. The number of hydrazine groups is 1. The highest BCUT2D eigenvalue weighted by Crippen LogP contribution is 2.17. The summed E-state index contributed by atoms with van der Waals surface area (Å²) in [7, 11) is 0. The van der Waals surface area contributed by atoms with Gasteiger partial charge in [0, 0.05) is 29.8 Å². The molecule has 1 aliphatic rings. The van der Waals surface area contributed by atoms with Gasteiger partial charge in [-0.1, -0.05) is 13.8 Å². The van der Waals surface area contributed by atoms with Crippen molar-refractivity contribution in [3.05, 3.63) is 59.7 Å². The lowest BCUT2D eigenvalue weighted by Gasteiger charge is -2.12. The number of anilines is 1. The van der Waals surface area contributed by atoms with Crippen molar-refractivity contribution >= 4 is 23.4 Å².